The van der Waals surface area contributed by atoms with Gasteiger partial charge in [-0.3, -0.25) is 4.79 Å². The predicted molar refractivity (Wildman–Crippen MR) is 97.6 cm³/mol. The summed E-state index contributed by atoms with van der Waals surface area (Å²) in [6, 6.07) is 2.03. The Morgan fingerprint density at radius 1 is 1.08 bits per heavy atom. The van der Waals surface area contributed by atoms with Crippen molar-refractivity contribution in [3.8, 4) is 0 Å². The Hall–Kier alpha value is -2.24. The third-order valence-electron chi connectivity index (χ3n) is 4.13. The van der Waals surface area contributed by atoms with Crippen LogP contribution in [0.4, 0.5) is 5.82 Å². The summed E-state index contributed by atoms with van der Waals surface area (Å²) in [5.74, 6) is 0.856. The van der Waals surface area contributed by atoms with E-state index < -0.39 is 0 Å². The monoisotopic (exact) mass is 329 g/mol. The van der Waals surface area contributed by atoms with Gasteiger partial charge in [0.1, 0.15) is 5.82 Å². The largest absolute Gasteiger partial charge is 0.356 e. The lowest BCUT2D eigenvalue weighted by molar-refractivity contribution is 0.0783. The summed E-state index contributed by atoms with van der Waals surface area (Å²) < 4.78 is 0. The molecule has 2 aromatic rings. The van der Waals surface area contributed by atoms with Crippen molar-refractivity contribution in [2.75, 3.05) is 31.6 Å². The van der Waals surface area contributed by atoms with Crippen LogP contribution in [0, 0.1) is 13.8 Å². The van der Waals surface area contributed by atoms with Gasteiger partial charge in [0, 0.05) is 32.4 Å². The van der Waals surface area contributed by atoms with Gasteiger partial charge in [-0.2, -0.15) is 0 Å². The van der Waals surface area contributed by atoms with Gasteiger partial charge in [0.25, 0.3) is 5.91 Å². The topological polar surface area (TPSA) is 62.2 Å². The highest BCUT2D eigenvalue weighted by molar-refractivity contribution is 5.96. The fourth-order valence-corrected chi connectivity index (χ4v) is 2.91. The molecule has 0 radical (unpaired) electrons. The molecule has 6 heteroatoms. The molecular weight excluding hydrogens is 302 g/mol. The summed E-state index contributed by atoms with van der Waals surface area (Å²) >= 11 is 0. The third kappa shape index (κ3) is 3.47. The quantitative estimate of drug-likeness (QED) is 0.815. The zero-order valence-electron chi connectivity index (χ0n) is 15.6. The SMILES string of the molecule is CCCN(C)C(=O)c1nc(N(CC)CC)c2c(C)cc(C)nc2n1. The molecule has 0 saturated carbocycles. The number of carbonyl (C=O) groups excluding carboxylic acids is 1. The number of nitrogens with zero attached hydrogens (tertiary/aromatic N) is 5. The van der Waals surface area contributed by atoms with Gasteiger partial charge in [-0.05, 0) is 45.7 Å². The molecule has 0 N–H and O–H groups in total. The lowest BCUT2D eigenvalue weighted by Gasteiger charge is -2.23. The van der Waals surface area contributed by atoms with Crippen LogP contribution in [-0.4, -0.2) is 52.4 Å². The number of hydrogen-bond donors (Lipinski definition) is 0. The van der Waals surface area contributed by atoms with Crippen LogP contribution in [0.3, 0.4) is 0 Å². The molecule has 0 aliphatic rings. The van der Waals surface area contributed by atoms with Gasteiger partial charge in [0.05, 0.1) is 5.39 Å². The Bertz CT molecular complexity index is 740. The average Bonchev–Trinajstić information content (AvgIpc) is 2.54. The van der Waals surface area contributed by atoms with Crippen molar-refractivity contribution < 1.29 is 4.79 Å². The standard InChI is InChI=1S/C18H27N5O/c1-7-10-22(6)18(24)16-20-15-14(12(4)11-13(5)19-15)17(21-16)23(8-2)9-3/h11H,7-10H2,1-6H3. The van der Waals surface area contributed by atoms with Crippen molar-refractivity contribution in [3.05, 3.63) is 23.1 Å². The van der Waals surface area contributed by atoms with Crippen molar-refractivity contribution in [1.82, 2.24) is 19.9 Å². The second-order valence-corrected chi connectivity index (χ2v) is 6.05. The summed E-state index contributed by atoms with van der Waals surface area (Å²) in [5.41, 5.74) is 2.57. The lowest BCUT2D eigenvalue weighted by Crippen LogP contribution is -2.31. The molecule has 0 aliphatic carbocycles. The van der Waals surface area contributed by atoms with Gasteiger partial charge in [-0.25, -0.2) is 15.0 Å². The minimum atomic E-state index is -0.159. The maximum atomic E-state index is 12.7. The second kappa shape index (κ2) is 7.55. The zero-order valence-corrected chi connectivity index (χ0v) is 15.6. The molecule has 0 unspecified atom stereocenters. The Morgan fingerprint density at radius 2 is 1.75 bits per heavy atom. The molecule has 0 bridgehead atoms. The van der Waals surface area contributed by atoms with Crippen LogP contribution in [0.2, 0.25) is 0 Å². The molecule has 0 atom stereocenters. The number of aromatic nitrogens is 3. The fraction of sp³-hybridized carbons (Fsp3) is 0.556. The first-order chi connectivity index (χ1) is 11.4. The Balaban J connectivity index is 2.69. The van der Waals surface area contributed by atoms with E-state index in [9.17, 15) is 4.79 Å². The van der Waals surface area contributed by atoms with E-state index in [1.807, 2.05) is 26.8 Å². The van der Waals surface area contributed by atoms with Gasteiger partial charge in [0.2, 0.25) is 5.82 Å². The van der Waals surface area contributed by atoms with E-state index in [0.29, 0.717) is 12.2 Å². The van der Waals surface area contributed by atoms with Gasteiger partial charge in [-0.15, -0.1) is 0 Å². The van der Waals surface area contributed by atoms with Crippen LogP contribution >= 0.6 is 0 Å². The highest BCUT2D eigenvalue weighted by Gasteiger charge is 2.21. The molecule has 130 valence electrons. The van der Waals surface area contributed by atoms with Crippen LogP contribution in [0.1, 0.15) is 49.1 Å². The molecule has 1 amide bonds. The minimum absolute atomic E-state index is 0.159. The average molecular weight is 329 g/mol. The van der Waals surface area contributed by atoms with Crippen molar-refractivity contribution in [2.24, 2.45) is 0 Å². The molecule has 0 fully saturated rings. The van der Waals surface area contributed by atoms with Gasteiger partial charge >= 0.3 is 0 Å². The number of pyridine rings is 1. The van der Waals surface area contributed by atoms with Gasteiger partial charge in [0.15, 0.2) is 5.65 Å². The first-order valence-electron chi connectivity index (χ1n) is 8.59. The van der Waals surface area contributed by atoms with Crippen LogP contribution in [-0.2, 0) is 0 Å². The van der Waals surface area contributed by atoms with E-state index in [2.05, 4.69) is 33.7 Å². The number of anilines is 1. The molecule has 6 nitrogen and oxygen atoms in total. The Kier molecular flexibility index (Phi) is 5.70. The molecule has 2 rings (SSSR count). The van der Waals surface area contributed by atoms with E-state index in [4.69, 9.17) is 0 Å². The summed E-state index contributed by atoms with van der Waals surface area (Å²) in [7, 11) is 1.78. The fourth-order valence-electron chi connectivity index (χ4n) is 2.91. The number of carbonyl (C=O) groups is 1. The number of hydrogen-bond acceptors (Lipinski definition) is 5. The Labute approximate surface area is 143 Å². The van der Waals surface area contributed by atoms with Crippen LogP contribution in [0.25, 0.3) is 11.0 Å². The number of amides is 1. The van der Waals surface area contributed by atoms with Gasteiger partial charge in [-0.1, -0.05) is 6.92 Å². The van der Waals surface area contributed by atoms with Crippen LogP contribution < -0.4 is 4.90 Å². The summed E-state index contributed by atoms with van der Waals surface area (Å²) in [6.07, 6.45) is 0.898. The molecule has 24 heavy (non-hydrogen) atoms. The predicted octanol–water partition coefficient (Wildman–Crippen LogP) is 2.97. The van der Waals surface area contributed by atoms with Crippen LogP contribution in [0.5, 0.6) is 0 Å². The molecular formula is C18H27N5O. The second-order valence-electron chi connectivity index (χ2n) is 6.05. The number of aryl methyl sites for hydroxylation is 2. The van der Waals surface area contributed by atoms with Crippen molar-refractivity contribution in [1.29, 1.82) is 0 Å². The highest BCUT2D eigenvalue weighted by atomic mass is 16.2. The van der Waals surface area contributed by atoms with E-state index in [0.717, 1.165) is 42.0 Å². The zero-order chi connectivity index (χ0) is 17.9. The maximum Gasteiger partial charge on any atom is 0.291 e. The smallest absolute Gasteiger partial charge is 0.291 e. The third-order valence-corrected chi connectivity index (χ3v) is 4.13. The summed E-state index contributed by atoms with van der Waals surface area (Å²) in [6.45, 7) is 12.5. The normalized spacial score (nSPS) is 10.9. The summed E-state index contributed by atoms with van der Waals surface area (Å²) in [4.78, 5) is 30.1. The van der Waals surface area contributed by atoms with E-state index in [1.54, 1.807) is 11.9 Å². The van der Waals surface area contributed by atoms with E-state index in [-0.39, 0.29) is 11.7 Å². The van der Waals surface area contributed by atoms with E-state index in [1.165, 1.54) is 0 Å². The molecule has 2 aromatic heterocycles. The summed E-state index contributed by atoms with van der Waals surface area (Å²) in [5, 5.41) is 0.930. The molecule has 0 aliphatic heterocycles. The first kappa shape index (κ1) is 18.1. The molecule has 0 aromatic carbocycles. The lowest BCUT2D eigenvalue weighted by atomic mass is 10.1. The van der Waals surface area contributed by atoms with Crippen molar-refractivity contribution in [3.63, 3.8) is 0 Å². The molecule has 0 spiro atoms. The molecule has 2 heterocycles. The van der Waals surface area contributed by atoms with E-state index >= 15 is 0 Å². The van der Waals surface area contributed by atoms with Crippen LogP contribution in [0.15, 0.2) is 6.07 Å². The minimum Gasteiger partial charge on any atom is -0.356 e. The van der Waals surface area contributed by atoms with Crippen molar-refractivity contribution >= 4 is 22.8 Å². The maximum absolute atomic E-state index is 12.7. The Morgan fingerprint density at radius 3 is 2.33 bits per heavy atom. The number of rotatable bonds is 6. The number of fused-ring (bicyclic) bond motifs is 1. The molecule has 0 saturated heterocycles. The first-order valence-corrected chi connectivity index (χ1v) is 8.59. The van der Waals surface area contributed by atoms with Gasteiger partial charge < -0.3 is 9.80 Å². The van der Waals surface area contributed by atoms with Crippen molar-refractivity contribution in [2.45, 2.75) is 41.0 Å². The highest BCUT2D eigenvalue weighted by Crippen LogP contribution is 2.27.